The van der Waals surface area contributed by atoms with Gasteiger partial charge in [0.05, 0.1) is 11.3 Å². The van der Waals surface area contributed by atoms with Crippen LogP contribution in [-0.2, 0) is 47.9 Å². The highest BCUT2D eigenvalue weighted by molar-refractivity contribution is 5.86. The molecule has 0 aromatic heterocycles. The van der Waals surface area contributed by atoms with E-state index in [0.717, 1.165) is 6.54 Å². The van der Waals surface area contributed by atoms with E-state index in [-0.39, 0.29) is 187 Å². The first-order valence-electron chi connectivity index (χ1n) is 16.3. The molecule has 77 heavy (non-hydrogen) atoms. The molecule has 0 radical (unpaired) electrons. The van der Waals surface area contributed by atoms with Crippen molar-refractivity contribution < 1.29 is 102 Å². The fourth-order valence-corrected chi connectivity index (χ4v) is 1.40. The lowest BCUT2D eigenvalue weighted by molar-refractivity contribution is -0.398. The Labute approximate surface area is 481 Å². The zero-order valence-corrected chi connectivity index (χ0v) is 33.3. The molecule has 0 bridgehead atoms. The summed E-state index contributed by atoms with van der Waals surface area (Å²) in [6, 6.07) is -5.53. The maximum Gasteiger partial charge on any atom is 0.665 e. The number of nitrogens with two attached hydrogens (primary N) is 1. The number of carboxylic acid groups (broad SMARTS) is 5. The lowest BCUT2D eigenvalue weighted by atomic mass is 10.3. The molecule has 25 heteroatoms. The van der Waals surface area contributed by atoms with E-state index in [1.807, 2.05) is 12.2 Å². The molecule has 0 aliphatic heterocycles. The number of quaternary nitrogens is 5. The number of carboxylic acids is 5. The van der Waals surface area contributed by atoms with E-state index in [9.17, 15) is 47.9 Å². The molecule has 4 amide bonds. The summed E-state index contributed by atoms with van der Waals surface area (Å²) >= 11 is 0. The summed E-state index contributed by atoms with van der Waals surface area (Å²) in [6.45, 7) is 16.5. The Morgan fingerprint density at radius 3 is 0.571 bits per heavy atom. The Morgan fingerprint density at radius 1 is 0.390 bits per heavy atom. The van der Waals surface area contributed by atoms with Crippen molar-refractivity contribution in [2.45, 2.75) is 287 Å². The summed E-state index contributed by atoms with van der Waals surface area (Å²) < 4.78 is 0. The molecular weight excluding hydrogens is 1000 g/mol. The number of rotatable bonds is 14. The minimum Gasteiger partial charge on any atom is -0.480 e. The highest BCUT2D eigenvalue weighted by Gasteiger charge is 2.19. The number of carbonyl (C=O) groups excluding carboxylic acids is 5. The predicted molar refractivity (Wildman–Crippen MR) is 340 cm³/mol. The van der Waals surface area contributed by atoms with Crippen LogP contribution in [0, 0.1) is 0 Å². The molecule has 0 aliphatic carbocycles. The van der Waals surface area contributed by atoms with E-state index in [1.54, 1.807) is 34.0 Å². The Kier molecular flexibility index (Phi) is 316. The minimum atomic E-state index is -1.06. The zero-order chi connectivity index (χ0) is 45.8. The van der Waals surface area contributed by atoms with Crippen LogP contribution in [0.5, 0.6) is 0 Å². The number of amides is 4. The zero-order valence-electron chi connectivity index (χ0n) is 33.3. The third kappa shape index (κ3) is 175. The molecule has 25 nitrogen and oxygen atoms in total. The second-order valence-electron chi connectivity index (χ2n) is 11.4. The maximum atomic E-state index is 10.8. The van der Waals surface area contributed by atoms with Gasteiger partial charge >= 0.3 is 48.6 Å². The van der Waals surface area contributed by atoms with Gasteiger partial charge in [-0.15, -0.1) is 5.32 Å². The fraction of sp³-hybridized carbons (Fsp3) is 0.808. The second-order valence-corrected chi connectivity index (χ2v) is 11.4. The van der Waals surface area contributed by atoms with Gasteiger partial charge in [-0.2, -0.15) is 0 Å². The summed E-state index contributed by atoms with van der Waals surface area (Å²) in [6.07, 6.45) is 2.93. The van der Waals surface area contributed by atoms with Gasteiger partial charge in [0.15, 0.2) is 24.2 Å². The molecule has 0 fully saturated rings. The van der Waals surface area contributed by atoms with Crippen molar-refractivity contribution in [2.75, 3.05) is 6.54 Å². The van der Waals surface area contributed by atoms with Gasteiger partial charge in [0.2, 0.25) is 0 Å². The van der Waals surface area contributed by atoms with Crippen molar-refractivity contribution in [3.05, 3.63) is 0 Å². The summed E-state index contributed by atoms with van der Waals surface area (Å²) in [7, 11) is 0. The highest BCUT2D eigenvalue weighted by Crippen LogP contribution is 1.84. The molecule has 0 aromatic rings. The molecule has 496 valence electrons. The van der Waals surface area contributed by atoms with Gasteiger partial charge in [-0.1, -0.05) is 163 Å². The lowest BCUT2D eigenvalue weighted by Gasteiger charge is -2.08. The van der Waals surface area contributed by atoms with E-state index in [4.69, 9.17) is 31.3 Å². The average Bonchev–Trinajstić information content (AvgIpc) is 3.06. The van der Waals surface area contributed by atoms with E-state index < -0.39 is 78.2 Å². The number of carbonyl (C=O) groups is 8. The first kappa shape index (κ1) is 197. The normalized spacial score (nSPS) is 9.87. The summed E-state index contributed by atoms with van der Waals surface area (Å²) in [5, 5.41) is 49.8. The molecule has 0 aliphatic rings. The van der Waals surface area contributed by atoms with E-state index >= 15 is 0 Å². The third-order valence-corrected chi connectivity index (χ3v) is 4.77. The smallest absolute Gasteiger partial charge is 0.480 e. The van der Waals surface area contributed by atoms with Crippen LogP contribution in [-0.4, -0.2) is 147 Å². The van der Waals surface area contributed by atoms with Crippen molar-refractivity contribution in [3.63, 3.8) is 0 Å². The Hall–Kier alpha value is -5.52. The second kappa shape index (κ2) is 124. The number of hydrogen-bond acceptors (Lipinski definition) is 11. The minimum absolute atomic E-state index is 0. The van der Waals surface area contributed by atoms with Gasteiger partial charge in [-0.3, -0.25) is 33.6 Å². The third-order valence-electron chi connectivity index (χ3n) is 4.77. The lowest BCUT2D eigenvalue weighted by Crippen LogP contribution is -2.66. The van der Waals surface area contributed by atoms with Gasteiger partial charge in [-0.05, 0) is 62.3 Å². The summed E-state index contributed by atoms with van der Waals surface area (Å²) in [5.41, 5.74) is 22.0. The highest BCUT2D eigenvalue weighted by atomic mass is 16.4. The summed E-state index contributed by atoms with van der Waals surface area (Å²) in [4.78, 5) is 101. The van der Waals surface area contributed by atoms with Gasteiger partial charge in [-0.25, -0.2) is 4.79 Å². The van der Waals surface area contributed by atoms with E-state index in [2.05, 4.69) is 44.6 Å². The average molecular weight is 1160 g/mol. The van der Waals surface area contributed by atoms with Crippen LogP contribution < -0.4 is 55.7 Å². The maximum absolute atomic E-state index is 10.8. The number of nitrogens with one attached hydrogen (secondary N) is 4. The van der Waals surface area contributed by atoms with Crippen LogP contribution in [0.4, 0.5) is 0 Å². The van der Waals surface area contributed by atoms with Gasteiger partial charge in [0.25, 0.3) is 17.7 Å². The first-order valence-corrected chi connectivity index (χ1v) is 16.3. The van der Waals surface area contributed by atoms with Crippen LogP contribution in [0.25, 0.3) is 0 Å². The molecule has 0 heterocycles. The Morgan fingerprint density at radius 2 is 0.519 bits per heavy atom. The van der Waals surface area contributed by atoms with Crippen molar-refractivity contribution in [2.24, 2.45) is 5.73 Å². The Bertz CT molecular complexity index is 1060. The SMILES string of the molecule is C.C.C.C.C.C.C.C.C.C.C.C.C.C.C.C.C.C.C.C.C.C.CC(N)C(=O)O.CC(N[C+]=O)C(=O)O.CC([NH3+])C(=O)NC(C)C(=O)O.CC([NH3+])C(=O)NC(C)C(=O)O.CC([NH3+])C(=O)NC(C)C(=O)O.CC([NH3+])[C+]=O.CC[NH3+]. The monoisotopic (exact) mass is 1160 g/mol. The number of hydrogen-bond donors (Lipinski definition) is 15. The molecule has 0 rings (SSSR count). The quantitative estimate of drug-likeness (QED) is 0.0792. The molecule has 9 unspecified atom stereocenters. The van der Waals surface area contributed by atoms with Crippen LogP contribution in [0.2, 0.25) is 0 Å². The molecule has 9 atom stereocenters. The Balaban J connectivity index is -0.0000000126. The van der Waals surface area contributed by atoms with E-state index in [1.165, 1.54) is 41.0 Å². The van der Waals surface area contributed by atoms with E-state index in [0.29, 0.717) is 0 Å². The van der Waals surface area contributed by atoms with Crippen molar-refractivity contribution in [1.29, 1.82) is 0 Å². The molecular formula is C52H155N10O15+7. The fourth-order valence-electron chi connectivity index (χ4n) is 1.40. The van der Waals surface area contributed by atoms with Crippen LogP contribution in [0.15, 0.2) is 0 Å². The van der Waals surface area contributed by atoms with Gasteiger partial charge in [0, 0.05) is 11.7 Å². The van der Waals surface area contributed by atoms with Crippen LogP contribution in [0.3, 0.4) is 0 Å². The summed E-state index contributed by atoms with van der Waals surface area (Å²) in [5.74, 6) is -6.19. The van der Waals surface area contributed by atoms with Crippen molar-refractivity contribution in [1.82, 2.24) is 21.3 Å². The molecule has 26 N–H and O–H groups in total. The van der Waals surface area contributed by atoms with Crippen molar-refractivity contribution >= 4 is 60.3 Å². The van der Waals surface area contributed by atoms with Crippen LogP contribution in [0.1, 0.15) is 233 Å². The van der Waals surface area contributed by atoms with Crippen molar-refractivity contribution in [3.8, 4) is 0 Å². The standard InChI is InChI=1S/3C6H12N2O3.C4H5NO3.C3H7NO2.C3H6NO.C2H7N.22CH4/c3*1-3(7)5(9)8-4(2)6(10)11;1-3(4(7)8)5-2-6;1-2(4)3(5)6;1-3(4)2-5;1-2-3;;;;;;;;;;;;;;;;;;;;;;/h3*3-4H,7H2,1-2H3,(H,8,9)(H,10,11);3H,1H3,(H-,5,6,7,8);2H,4H2,1H3,(H,5,6);3H,4H2,1H3;2-3H2,1H3;22*1H4/q;;;;;+1;;;;;;;;;;;;;;;;;;;;;;;/p+6. The molecule has 0 aromatic carbocycles. The van der Waals surface area contributed by atoms with Gasteiger partial charge in [0.1, 0.15) is 24.2 Å². The topological polar surface area (TPSA) is 484 Å². The first-order chi connectivity index (χ1) is 24.8. The van der Waals surface area contributed by atoms with Gasteiger partial charge < -0.3 is 75.9 Å². The number of aliphatic carboxylic acids is 5. The predicted octanol–water partition coefficient (Wildman–Crippen LogP) is 5.12. The molecule has 0 saturated carbocycles. The molecule has 0 saturated heterocycles. The van der Waals surface area contributed by atoms with Crippen LogP contribution >= 0.6 is 0 Å². The molecule has 0 spiro atoms. The largest absolute Gasteiger partial charge is 0.665 e.